The van der Waals surface area contributed by atoms with E-state index in [2.05, 4.69) is 15.0 Å². The number of aromatic amines is 1. The number of anilines is 1. The van der Waals surface area contributed by atoms with E-state index in [-0.39, 0.29) is 6.01 Å². The van der Waals surface area contributed by atoms with Crippen molar-refractivity contribution in [3.05, 3.63) is 65.2 Å². The van der Waals surface area contributed by atoms with Gasteiger partial charge in [0.15, 0.2) is 5.65 Å². The van der Waals surface area contributed by atoms with E-state index in [1.54, 1.807) is 44.2 Å². The van der Waals surface area contributed by atoms with Crippen LogP contribution in [0.1, 0.15) is 19.4 Å². The molecule has 7 nitrogen and oxygen atoms in total. The number of nitrogens with zero attached hydrogens (tertiary/aromatic N) is 3. The summed E-state index contributed by atoms with van der Waals surface area (Å²) < 4.78 is 5.82. The number of carboxylic acid groups (broad SMARTS) is 1. The molecule has 0 aliphatic heterocycles. The van der Waals surface area contributed by atoms with E-state index in [9.17, 15) is 9.90 Å². The minimum absolute atomic E-state index is 0.272. The fourth-order valence-electron chi connectivity index (χ4n) is 3.24. The molecule has 0 aliphatic carbocycles. The molecule has 2 aromatic heterocycles. The molecule has 2 aromatic carbocycles. The van der Waals surface area contributed by atoms with Gasteiger partial charge in [-0.3, -0.25) is 4.79 Å². The molecule has 0 aliphatic rings. The van der Waals surface area contributed by atoms with Crippen LogP contribution >= 0.6 is 11.6 Å². The summed E-state index contributed by atoms with van der Waals surface area (Å²) in [4.78, 5) is 25.6. The summed E-state index contributed by atoms with van der Waals surface area (Å²) in [6.45, 7) is 3.32. The third-order valence-corrected chi connectivity index (χ3v) is 5.68. The molecule has 2 N–H and O–H groups in total. The Balaban J connectivity index is 1.60. The molecule has 0 saturated heterocycles. The normalized spacial score (nSPS) is 11.5. The van der Waals surface area contributed by atoms with Crippen molar-refractivity contribution in [2.24, 2.45) is 0 Å². The zero-order valence-corrected chi connectivity index (χ0v) is 18.9. The molecule has 2 heterocycles. The van der Waals surface area contributed by atoms with Crippen molar-refractivity contribution < 1.29 is 14.6 Å². The van der Waals surface area contributed by atoms with Gasteiger partial charge in [0.2, 0.25) is 0 Å². The van der Waals surface area contributed by atoms with Gasteiger partial charge in [0.1, 0.15) is 5.75 Å². The van der Waals surface area contributed by atoms with Gasteiger partial charge in [-0.15, -0.1) is 0 Å². The van der Waals surface area contributed by atoms with E-state index >= 15 is 0 Å². The number of ether oxygens (including phenoxy) is 1. The largest absolute Gasteiger partial charge is 0.481 e. The Hall–Kier alpha value is -3.58. The van der Waals surface area contributed by atoms with Crippen LogP contribution in [-0.2, 0) is 10.2 Å². The number of rotatable bonds is 6. The average Bonchev–Trinajstić information content (AvgIpc) is 3.14. The number of aliphatic carboxylic acids is 1. The first-order chi connectivity index (χ1) is 15.1. The number of carboxylic acids is 1. The fraction of sp³-hybridized carbons (Fsp3) is 0.208. The quantitative estimate of drug-likeness (QED) is 0.403. The van der Waals surface area contributed by atoms with E-state index in [4.69, 9.17) is 16.3 Å². The maximum atomic E-state index is 11.4. The summed E-state index contributed by atoms with van der Waals surface area (Å²) in [6, 6.07) is 16.9. The van der Waals surface area contributed by atoms with Crippen molar-refractivity contribution in [1.29, 1.82) is 0 Å². The van der Waals surface area contributed by atoms with Gasteiger partial charge in [-0.05, 0) is 49.7 Å². The number of aromatic nitrogens is 3. The van der Waals surface area contributed by atoms with Gasteiger partial charge in [-0.25, -0.2) is 4.98 Å². The average molecular weight is 451 g/mol. The van der Waals surface area contributed by atoms with Crippen LogP contribution in [-0.4, -0.2) is 40.1 Å². The summed E-state index contributed by atoms with van der Waals surface area (Å²) >= 11 is 6.49. The number of H-pyrrole nitrogens is 1. The van der Waals surface area contributed by atoms with Gasteiger partial charge in [-0.2, -0.15) is 4.98 Å². The SMILES string of the molecule is CN(C)c1ccc(-c2nc3nc(Oc4ccc(C(C)(C)C(=O)O)cc4)[nH]c3cc2Cl)cc1. The smallest absolute Gasteiger partial charge is 0.313 e. The van der Waals surface area contributed by atoms with E-state index in [0.717, 1.165) is 11.3 Å². The lowest BCUT2D eigenvalue weighted by atomic mass is 9.85. The first-order valence-corrected chi connectivity index (χ1v) is 10.4. The molecule has 0 radical (unpaired) electrons. The Morgan fingerprint density at radius 3 is 2.31 bits per heavy atom. The van der Waals surface area contributed by atoms with Crippen LogP contribution in [0.5, 0.6) is 11.8 Å². The van der Waals surface area contributed by atoms with Crippen LogP contribution in [0.4, 0.5) is 5.69 Å². The van der Waals surface area contributed by atoms with Crippen molar-refractivity contribution in [2.75, 3.05) is 19.0 Å². The highest BCUT2D eigenvalue weighted by atomic mass is 35.5. The Labute approximate surface area is 190 Å². The summed E-state index contributed by atoms with van der Waals surface area (Å²) in [5, 5.41) is 9.88. The van der Waals surface area contributed by atoms with Gasteiger partial charge in [0, 0.05) is 25.3 Å². The standard InChI is InChI=1S/C24H23ClN4O3/c1-24(2,22(30)31)15-7-11-17(12-8-15)32-23-26-19-13-18(25)20(27-21(19)28-23)14-5-9-16(10-6-14)29(3)4/h5-13H,1-4H3,(H,30,31)(H,26,27,28). The molecule has 0 saturated carbocycles. The third-order valence-electron chi connectivity index (χ3n) is 5.39. The highest BCUT2D eigenvalue weighted by molar-refractivity contribution is 6.33. The second kappa shape index (κ2) is 8.16. The molecule has 8 heteroatoms. The minimum atomic E-state index is -0.986. The van der Waals surface area contributed by atoms with Gasteiger partial charge in [-0.1, -0.05) is 35.9 Å². The number of imidazole rings is 1. The van der Waals surface area contributed by atoms with Crippen molar-refractivity contribution in [3.63, 3.8) is 0 Å². The molecule has 0 atom stereocenters. The number of nitrogens with one attached hydrogen (secondary N) is 1. The van der Waals surface area contributed by atoms with Crippen molar-refractivity contribution >= 4 is 34.4 Å². The fourth-order valence-corrected chi connectivity index (χ4v) is 3.50. The molecule has 164 valence electrons. The Bertz CT molecular complexity index is 1280. The van der Waals surface area contributed by atoms with Crippen LogP contribution in [0.25, 0.3) is 22.4 Å². The Morgan fingerprint density at radius 1 is 1.06 bits per heavy atom. The van der Waals surface area contributed by atoms with E-state index in [1.165, 1.54) is 0 Å². The van der Waals surface area contributed by atoms with Crippen LogP contribution in [0.15, 0.2) is 54.6 Å². The molecule has 4 aromatic rings. The molecule has 0 amide bonds. The second-order valence-electron chi connectivity index (χ2n) is 8.23. The van der Waals surface area contributed by atoms with E-state index in [1.807, 2.05) is 43.3 Å². The van der Waals surface area contributed by atoms with Crippen molar-refractivity contribution in [2.45, 2.75) is 19.3 Å². The van der Waals surface area contributed by atoms with E-state index < -0.39 is 11.4 Å². The van der Waals surface area contributed by atoms with Crippen molar-refractivity contribution in [3.8, 4) is 23.0 Å². The topological polar surface area (TPSA) is 91.3 Å². The van der Waals surface area contributed by atoms with Crippen LogP contribution in [0.3, 0.4) is 0 Å². The Kier molecular flexibility index (Phi) is 5.52. The number of benzene rings is 2. The molecule has 0 fully saturated rings. The number of pyridine rings is 1. The van der Waals surface area contributed by atoms with Gasteiger partial charge in [0.25, 0.3) is 0 Å². The number of hydrogen-bond acceptors (Lipinski definition) is 5. The zero-order chi connectivity index (χ0) is 23.0. The summed E-state index contributed by atoms with van der Waals surface area (Å²) in [6.07, 6.45) is 0. The monoisotopic (exact) mass is 450 g/mol. The number of carbonyl (C=O) groups is 1. The second-order valence-corrected chi connectivity index (χ2v) is 8.64. The molecule has 32 heavy (non-hydrogen) atoms. The lowest BCUT2D eigenvalue weighted by Gasteiger charge is -2.19. The predicted molar refractivity (Wildman–Crippen MR) is 126 cm³/mol. The lowest BCUT2D eigenvalue weighted by molar-refractivity contribution is -0.142. The molecule has 0 bridgehead atoms. The molecule has 0 spiro atoms. The van der Waals surface area contributed by atoms with Crippen LogP contribution < -0.4 is 9.64 Å². The van der Waals surface area contributed by atoms with Crippen molar-refractivity contribution in [1.82, 2.24) is 15.0 Å². The highest BCUT2D eigenvalue weighted by Gasteiger charge is 2.29. The number of hydrogen-bond donors (Lipinski definition) is 2. The summed E-state index contributed by atoms with van der Waals surface area (Å²) in [7, 11) is 3.97. The first kappa shape index (κ1) is 21.6. The zero-order valence-electron chi connectivity index (χ0n) is 18.2. The van der Waals surface area contributed by atoms with Crippen LogP contribution in [0.2, 0.25) is 5.02 Å². The van der Waals surface area contributed by atoms with Gasteiger partial charge in [0.05, 0.1) is 21.6 Å². The highest BCUT2D eigenvalue weighted by Crippen LogP contribution is 2.32. The van der Waals surface area contributed by atoms with Crippen LogP contribution in [0, 0.1) is 0 Å². The molecular formula is C24H23ClN4O3. The first-order valence-electron chi connectivity index (χ1n) is 10.0. The molecular weight excluding hydrogens is 428 g/mol. The number of halogens is 1. The Morgan fingerprint density at radius 2 is 1.72 bits per heavy atom. The maximum Gasteiger partial charge on any atom is 0.313 e. The summed E-state index contributed by atoms with van der Waals surface area (Å²) in [5.41, 5.74) is 3.45. The summed E-state index contributed by atoms with van der Waals surface area (Å²) in [5.74, 6) is -0.363. The van der Waals surface area contributed by atoms with Gasteiger partial charge >= 0.3 is 12.0 Å². The minimum Gasteiger partial charge on any atom is -0.481 e. The molecule has 4 rings (SSSR count). The number of fused-ring (bicyclic) bond motifs is 1. The molecule has 0 unspecified atom stereocenters. The predicted octanol–water partition coefficient (Wildman–Crippen LogP) is 5.50. The maximum absolute atomic E-state index is 11.4. The van der Waals surface area contributed by atoms with E-state index in [0.29, 0.717) is 33.2 Å². The third kappa shape index (κ3) is 4.11. The van der Waals surface area contributed by atoms with Gasteiger partial charge < -0.3 is 19.7 Å². The lowest BCUT2D eigenvalue weighted by Crippen LogP contribution is -2.28.